The molecule has 1 heterocycles. The molecular weight excluding hydrogens is 264 g/mol. The molecule has 0 amide bonds. The van der Waals surface area contributed by atoms with Gasteiger partial charge in [-0.05, 0) is 40.8 Å². The Kier molecular flexibility index (Phi) is 3.12. The lowest BCUT2D eigenvalue weighted by Crippen LogP contribution is -1.95. The van der Waals surface area contributed by atoms with Gasteiger partial charge in [0.1, 0.15) is 17.8 Å². The van der Waals surface area contributed by atoms with Crippen LogP contribution < -0.4 is 4.74 Å². The van der Waals surface area contributed by atoms with Crippen LogP contribution in [0.3, 0.4) is 0 Å². The number of ether oxygens (including phenoxy) is 1. The van der Waals surface area contributed by atoms with Crippen molar-refractivity contribution >= 4 is 11.6 Å². The van der Waals surface area contributed by atoms with E-state index in [9.17, 15) is 0 Å². The van der Waals surface area contributed by atoms with Gasteiger partial charge in [0, 0.05) is 0 Å². The number of aromatic nitrogens is 4. The van der Waals surface area contributed by atoms with Crippen LogP contribution in [0.4, 0.5) is 0 Å². The molecule has 0 saturated carbocycles. The summed E-state index contributed by atoms with van der Waals surface area (Å²) in [5.74, 6) is 1.32. The molecule has 0 unspecified atom stereocenters. The summed E-state index contributed by atoms with van der Waals surface area (Å²) in [6.45, 7) is 0. The lowest BCUT2D eigenvalue weighted by Gasteiger charge is -2.08. The fraction of sp³-hybridized carbons (Fsp3) is 0. The number of halogens is 1. The number of benzene rings is 2. The van der Waals surface area contributed by atoms with E-state index < -0.39 is 0 Å². The number of rotatable bonds is 3. The fourth-order valence-corrected chi connectivity index (χ4v) is 1.82. The van der Waals surface area contributed by atoms with Crippen molar-refractivity contribution in [2.24, 2.45) is 0 Å². The molecule has 5 nitrogen and oxygen atoms in total. The van der Waals surface area contributed by atoms with Crippen LogP contribution in [0.25, 0.3) is 5.69 Å². The Balaban J connectivity index is 1.88. The minimum Gasteiger partial charge on any atom is -0.456 e. The van der Waals surface area contributed by atoms with E-state index in [1.165, 1.54) is 11.0 Å². The number of tetrazole rings is 1. The molecule has 19 heavy (non-hydrogen) atoms. The summed E-state index contributed by atoms with van der Waals surface area (Å²) in [5.41, 5.74) is 0.774. The summed E-state index contributed by atoms with van der Waals surface area (Å²) in [5, 5.41) is 11.4. The van der Waals surface area contributed by atoms with E-state index in [0.717, 1.165) is 11.4 Å². The Bertz CT molecular complexity index is 670. The summed E-state index contributed by atoms with van der Waals surface area (Å²) >= 11 is 6.19. The third-order valence-corrected chi connectivity index (χ3v) is 2.80. The second-order valence-electron chi connectivity index (χ2n) is 3.78. The number of hydrogen-bond donors (Lipinski definition) is 0. The highest BCUT2D eigenvalue weighted by atomic mass is 35.5. The zero-order valence-electron chi connectivity index (χ0n) is 9.77. The molecule has 0 bridgehead atoms. The average Bonchev–Trinajstić information content (AvgIpc) is 2.96. The van der Waals surface area contributed by atoms with Crippen LogP contribution in [0.1, 0.15) is 0 Å². The van der Waals surface area contributed by atoms with E-state index >= 15 is 0 Å². The van der Waals surface area contributed by atoms with E-state index in [0.29, 0.717) is 10.8 Å². The highest BCUT2D eigenvalue weighted by Gasteiger charge is 2.06. The van der Waals surface area contributed by atoms with Crippen molar-refractivity contribution in [2.75, 3.05) is 0 Å². The standard InChI is InChI=1S/C13H9ClN4O/c14-12-8-10(18-9-15-16-17-18)6-7-13(12)19-11-4-2-1-3-5-11/h1-9H. The Morgan fingerprint density at radius 2 is 1.89 bits per heavy atom. The van der Waals surface area contributed by atoms with Gasteiger partial charge in [-0.1, -0.05) is 29.8 Å². The van der Waals surface area contributed by atoms with Gasteiger partial charge in [-0.3, -0.25) is 0 Å². The van der Waals surface area contributed by atoms with Gasteiger partial charge < -0.3 is 4.74 Å². The van der Waals surface area contributed by atoms with E-state index in [-0.39, 0.29) is 0 Å². The lowest BCUT2D eigenvalue weighted by molar-refractivity contribution is 0.483. The van der Waals surface area contributed by atoms with Crippen LogP contribution in [0, 0.1) is 0 Å². The van der Waals surface area contributed by atoms with E-state index in [2.05, 4.69) is 15.5 Å². The second kappa shape index (κ2) is 5.07. The van der Waals surface area contributed by atoms with Crippen LogP contribution in [0.5, 0.6) is 11.5 Å². The zero-order chi connectivity index (χ0) is 13.1. The molecule has 6 heteroatoms. The van der Waals surface area contributed by atoms with Crippen LogP contribution >= 0.6 is 11.6 Å². The monoisotopic (exact) mass is 272 g/mol. The number of para-hydroxylation sites is 1. The third kappa shape index (κ3) is 2.56. The van der Waals surface area contributed by atoms with E-state index in [1.54, 1.807) is 12.1 Å². The maximum Gasteiger partial charge on any atom is 0.146 e. The smallest absolute Gasteiger partial charge is 0.146 e. The molecule has 0 aliphatic carbocycles. The van der Waals surface area contributed by atoms with Gasteiger partial charge in [0.15, 0.2) is 0 Å². The van der Waals surface area contributed by atoms with Crippen molar-refractivity contribution < 1.29 is 4.74 Å². The Morgan fingerprint density at radius 3 is 2.58 bits per heavy atom. The molecule has 94 valence electrons. The summed E-state index contributed by atoms with van der Waals surface area (Å²) in [7, 11) is 0. The highest BCUT2D eigenvalue weighted by molar-refractivity contribution is 6.32. The van der Waals surface area contributed by atoms with Crippen molar-refractivity contribution in [1.82, 2.24) is 20.2 Å². The van der Waals surface area contributed by atoms with Crippen LogP contribution in [-0.2, 0) is 0 Å². The third-order valence-electron chi connectivity index (χ3n) is 2.50. The molecule has 2 aromatic carbocycles. The van der Waals surface area contributed by atoms with Gasteiger partial charge in [-0.15, -0.1) is 5.10 Å². The van der Waals surface area contributed by atoms with Crippen molar-refractivity contribution in [2.45, 2.75) is 0 Å². The molecule has 0 N–H and O–H groups in total. The van der Waals surface area contributed by atoms with Crippen molar-refractivity contribution in [3.63, 3.8) is 0 Å². The first-order valence-corrected chi connectivity index (χ1v) is 5.96. The van der Waals surface area contributed by atoms with Gasteiger partial charge in [-0.2, -0.15) is 0 Å². The summed E-state index contributed by atoms with van der Waals surface area (Å²) < 4.78 is 7.21. The Labute approximate surface area is 114 Å². The SMILES string of the molecule is Clc1cc(-n2cnnn2)ccc1Oc1ccccc1. The summed E-state index contributed by atoms with van der Waals surface area (Å²) in [6, 6.07) is 14.8. The summed E-state index contributed by atoms with van der Waals surface area (Å²) in [6.07, 6.45) is 1.50. The predicted octanol–water partition coefficient (Wildman–Crippen LogP) is 3.11. The van der Waals surface area contributed by atoms with E-state index in [4.69, 9.17) is 16.3 Å². The fourth-order valence-electron chi connectivity index (χ4n) is 1.61. The number of hydrogen-bond acceptors (Lipinski definition) is 4. The number of nitrogens with zero attached hydrogens (tertiary/aromatic N) is 4. The molecular formula is C13H9ClN4O. The zero-order valence-corrected chi connectivity index (χ0v) is 10.5. The largest absolute Gasteiger partial charge is 0.456 e. The van der Waals surface area contributed by atoms with Gasteiger partial charge in [0.05, 0.1) is 10.7 Å². The average molecular weight is 273 g/mol. The molecule has 0 aliphatic rings. The molecule has 0 atom stereocenters. The first kappa shape index (κ1) is 11.7. The van der Waals surface area contributed by atoms with Crippen LogP contribution in [0.2, 0.25) is 5.02 Å². The first-order valence-electron chi connectivity index (χ1n) is 5.59. The molecule has 1 aromatic heterocycles. The minimum atomic E-state index is 0.497. The van der Waals surface area contributed by atoms with Crippen molar-refractivity contribution in [3.8, 4) is 17.2 Å². The normalized spacial score (nSPS) is 10.4. The summed E-state index contributed by atoms with van der Waals surface area (Å²) in [4.78, 5) is 0. The van der Waals surface area contributed by atoms with Crippen LogP contribution in [-0.4, -0.2) is 20.2 Å². The van der Waals surface area contributed by atoms with Crippen LogP contribution in [0.15, 0.2) is 54.9 Å². The van der Waals surface area contributed by atoms with Gasteiger partial charge in [0.2, 0.25) is 0 Å². The predicted molar refractivity (Wildman–Crippen MR) is 70.7 cm³/mol. The van der Waals surface area contributed by atoms with Gasteiger partial charge in [-0.25, -0.2) is 4.68 Å². The first-order chi connectivity index (χ1) is 9.33. The minimum absolute atomic E-state index is 0.497. The maximum atomic E-state index is 6.19. The molecule has 0 saturated heterocycles. The topological polar surface area (TPSA) is 52.8 Å². The quantitative estimate of drug-likeness (QED) is 0.735. The van der Waals surface area contributed by atoms with Gasteiger partial charge in [0.25, 0.3) is 0 Å². The van der Waals surface area contributed by atoms with E-state index in [1.807, 2.05) is 36.4 Å². The Morgan fingerprint density at radius 1 is 1.05 bits per heavy atom. The molecule has 3 aromatic rings. The lowest BCUT2D eigenvalue weighted by atomic mass is 10.3. The van der Waals surface area contributed by atoms with Crippen molar-refractivity contribution in [3.05, 3.63) is 59.9 Å². The van der Waals surface area contributed by atoms with Gasteiger partial charge >= 0.3 is 0 Å². The Hall–Kier alpha value is -2.40. The molecule has 0 radical (unpaired) electrons. The molecule has 0 spiro atoms. The molecule has 0 aliphatic heterocycles. The van der Waals surface area contributed by atoms with Crippen molar-refractivity contribution in [1.29, 1.82) is 0 Å². The second-order valence-corrected chi connectivity index (χ2v) is 4.19. The molecule has 0 fully saturated rings. The maximum absolute atomic E-state index is 6.19. The highest BCUT2D eigenvalue weighted by Crippen LogP contribution is 2.30. The molecule has 3 rings (SSSR count).